The molecule has 1 saturated carbocycles. The normalized spacial score (nSPS) is 36.9. The van der Waals surface area contributed by atoms with Gasteiger partial charge in [-0.15, -0.1) is 0 Å². The molecule has 0 N–H and O–H groups in total. The van der Waals surface area contributed by atoms with E-state index in [1.165, 1.54) is 32.1 Å². The second-order valence-corrected chi connectivity index (χ2v) is 7.72. The summed E-state index contributed by atoms with van der Waals surface area (Å²) in [5, 5.41) is 0. The highest BCUT2D eigenvalue weighted by Gasteiger charge is 2.55. The highest BCUT2D eigenvalue weighted by Crippen LogP contribution is 2.44. The van der Waals surface area contributed by atoms with E-state index >= 15 is 0 Å². The Morgan fingerprint density at radius 2 is 1.74 bits per heavy atom. The molecular weight excluding hydrogens is 292 g/mol. The molecule has 4 aliphatic rings. The smallest absolute Gasteiger partial charge is 0.232 e. The number of morpholine rings is 1. The third-order valence-corrected chi connectivity index (χ3v) is 6.46. The molecule has 0 aromatic heterocycles. The van der Waals surface area contributed by atoms with Gasteiger partial charge in [0.1, 0.15) is 0 Å². The lowest BCUT2D eigenvalue weighted by molar-refractivity contribution is -0.155. The molecule has 0 unspecified atom stereocenters. The van der Waals surface area contributed by atoms with Crippen molar-refractivity contribution < 1.29 is 14.3 Å². The number of likely N-dealkylation sites (tertiary alicyclic amines) is 1. The SMILES string of the molecule is O=C(N1CCOCC1)[C@]12CCO[C@H]1CCN(C1CCCCC1)C2. The summed E-state index contributed by atoms with van der Waals surface area (Å²) in [5.41, 5.74) is -0.285. The number of fused-ring (bicyclic) bond motifs is 1. The van der Waals surface area contributed by atoms with E-state index in [0.717, 1.165) is 45.6 Å². The van der Waals surface area contributed by atoms with E-state index in [-0.39, 0.29) is 11.5 Å². The summed E-state index contributed by atoms with van der Waals surface area (Å²) in [7, 11) is 0. The van der Waals surface area contributed by atoms with Gasteiger partial charge in [-0.25, -0.2) is 0 Å². The maximum Gasteiger partial charge on any atom is 0.232 e. The van der Waals surface area contributed by atoms with Crippen LogP contribution in [0.4, 0.5) is 0 Å². The number of piperidine rings is 1. The van der Waals surface area contributed by atoms with Crippen LogP contribution in [-0.4, -0.2) is 73.9 Å². The van der Waals surface area contributed by atoms with Gasteiger partial charge in [-0.05, 0) is 25.7 Å². The van der Waals surface area contributed by atoms with Crippen molar-refractivity contribution in [3.8, 4) is 0 Å². The maximum absolute atomic E-state index is 13.3. The van der Waals surface area contributed by atoms with Crippen LogP contribution in [0, 0.1) is 5.41 Å². The zero-order valence-corrected chi connectivity index (χ0v) is 14.2. The summed E-state index contributed by atoms with van der Waals surface area (Å²) in [4.78, 5) is 18.0. The van der Waals surface area contributed by atoms with E-state index in [0.29, 0.717) is 25.2 Å². The van der Waals surface area contributed by atoms with Gasteiger partial charge < -0.3 is 14.4 Å². The quantitative estimate of drug-likeness (QED) is 0.775. The number of hydrogen-bond acceptors (Lipinski definition) is 4. The maximum atomic E-state index is 13.3. The minimum atomic E-state index is -0.285. The average molecular weight is 322 g/mol. The first-order chi connectivity index (χ1) is 11.3. The number of amides is 1. The van der Waals surface area contributed by atoms with E-state index in [9.17, 15) is 4.79 Å². The molecule has 130 valence electrons. The number of hydrogen-bond donors (Lipinski definition) is 0. The lowest BCUT2D eigenvalue weighted by atomic mass is 9.74. The molecule has 4 fully saturated rings. The highest BCUT2D eigenvalue weighted by molar-refractivity contribution is 5.84. The number of carbonyl (C=O) groups is 1. The van der Waals surface area contributed by atoms with E-state index in [1.54, 1.807) is 0 Å². The molecule has 2 atom stereocenters. The van der Waals surface area contributed by atoms with Crippen LogP contribution in [0.15, 0.2) is 0 Å². The van der Waals surface area contributed by atoms with Crippen LogP contribution < -0.4 is 0 Å². The Morgan fingerprint density at radius 3 is 2.52 bits per heavy atom. The summed E-state index contributed by atoms with van der Waals surface area (Å²) in [6.45, 7) is 5.62. The first-order valence-electron chi connectivity index (χ1n) is 9.52. The monoisotopic (exact) mass is 322 g/mol. The number of rotatable bonds is 2. The van der Waals surface area contributed by atoms with Crippen molar-refractivity contribution in [3.05, 3.63) is 0 Å². The third kappa shape index (κ3) is 2.92. The second-order valence-electron chi connectivity index (χ2n) is 7.72. The van der Waals surface area contributed by atoms with Crippen molar-refractivity contribution in [2.45, 2.75) is 57.1 Å². The van der Waals surface area contributed by atoms with Crippen LogP contribution in [0.2, 0.25) is 0 Å². The van der Waals surface area contributed by atoms with Gasteiger partial charge in [0, 0.05) is 38.8 Å². The first-order valence-corrected chi connectivity index (χ1v) is 9.52. The molecule has 23 heavy (non-hydrogen) atoms. The lowest BCUT2D eigenvalue weighted by Crippen LogP contribution is -2.60. The average Bonchev–Trinajstić information content (AvgIpc) is 3.07. The zero-order chi connectivity index (χ0) is 15.7. The van der Waals surface area contributed by atoms with E-state index in [1.807, 2.05) is 4.90 Å². The fourth-order valence-corrected chi connectivity index (χ4v) is 5.12. The van der Waals surface area contributed by atoms with Crippen molar-refractivity contribution >= 4 is 5.91 Å². The fourth-order valence-electron chi connectivity index (χ4n) is 5.12. The molecule has 0 spiro atoms. The van der Waals surface area contributed by atoms with Crippen LogP contribution in [-0.2, 0) is 14.3 Å². The third-order valence-electron chi connectivity index (χ3n) is 6.46. The van der Waals surface area contributed by atoms with Gasteiger partial charge >= 0.3 is 0 Å². The van der Waals surface area contributed by atoms with Crippen LogP contribution in [0.1, 0.15) is 44.9 Å². The van der Waals surface area contributed by atoms with Crippen LogP contribution in [0.5, 0.6) is 0 Å². The molecule has 3 aliphatic heterocycles. The Hall–Kier alpha value is -0.650. The molecular formula is C18H30N2O3. The highest BCUT2D eigenvalue weighted by atomic mass is 16.5. The van der Waals surface area contributed by atoms with Crippen molar-refractivity contribution in [1.82, 2.24) is 9.80 Å². The number of carbonyl (C=O) groups excluding carboxylic acids is 1. The fraction of sp³-hybridized carbons (Fsp3) is 0.944. The van der Waals surface area contributed by atoms with Crippen LogP contribution >= 0.6 is 0 Å². The summed E-state index contributed by atoms with van der Waals surface area (Å²) in [5.74, 6) is 0.337. The Morgan fingerprint density at radius 1 is 0.957 bits per heavy atom. The molecule has 1 amide bonds. The zero-order valence-electron chi connectivity index (χ0n) is 14.2. The van der Waals surface area contributed by atoms with Gasteiger partial charge in [-0.3, -0.25) is 9.69 Å². The number of ether oxygens (including phenoxy) is 2. The van der Waals surface area contributed by atoms with Gasteiger partial charge in [-0.2, -0.15) is 0 Å². The number of nitrogens with zero attached hydrogens (tertiary/aromatic N) is 2. The largest absolute Gasteiger partial charge is 0.378 e. The molecule has 0 bridgehead atoms. The summed E-state index contributed by atoms with van der Waals surface area (Å²) in [6.07, 6.45) is 8.77. The Balaban J connectivity index is 1.51. The predicted octanol–water partition coefficient (Wildman–Crippen LogP) is 1.66. The molecule has 0 aromatic carbocycles. The topological polar surface area (TPSA) is 42.0 Å². The molecule has 3 heterocycles. The van der Waals surface area contributed by atoms with Gasteiger partial charge in [0.05, 0.1) is 24.7 Å². The van der Waals surface area contributed by atoms with Gasteiger partial charge in [0.2, 0.25) is 5.91 Å². The Bertz CT molecular complexity index is 432. The molecule has 3 saturated heterocycles. The molecule has 4 rings (SSSR count). The molecule has 5 heteroatoms. The lowest BCUT2D eigenvalue weighted by Gasteiger charge is -2.48. The van der Waals surface area contributed by atoms with Gasteiger partial charge in [-0.1, -0.05) is 19.3 Å². The van der Waals surface area contributed by atoms with Crippen LogP contribution in [0.3, 0.4) is 0 Å². The van der Waals surface area contributed by atoms with Crippen molar-refractivity contribution in [3.63, 3.8) is 0 Å². The summed E-state index contributed by atoms with van der Waals surface area (Å²) >= 11 is 0. The Labute approximate surface area is 139 Å². The second kappa shape index (κ2) is 6.69. The van der Waals surface area contributed by atoms with Gasteiger partial charge in [0.15, 0.2) is 0 Å². The Kier molecular flexibility index (Phi) is 4.61. The van der Waals surface area contributed by atoms with E-state index in [4.69, 9.17) is 9.47 Å². The minimum Gasteiger partial charge on any atom is -0.378 e. The molecule has 0 radical (unpaired) electrons. The summed E-state index contributed by atoms with van der Waals surface area (Å²) in [6, 6.07) is 0.694. The van der Waals surface area contributed by atoms with Crippen molar-refractivity contribution in [2.75, 3.05) is 46.0 Å². The molecule has 0 aromatic rings. The standard InChI is InChI=1S/C18H30N2O3/c21-17(19-9-12-22-13-10-19)18-7-11-23-16(18)6-8-20(14-18)15-4-2-1-3-5-15/h15-16H,1-14H2/t16-,18-/m0/s1. The summed E-state index contributed by atoms with van der Waals surface area (Å²) < 4.78 is 11.4. The van der Waals surface area contributed by atoms with E-state index < -0.39 is 0 Å². The van der Waals surface area contributed by atoms with Gasteiger partial charge in [0.25, 0.3) is 0 Å². The molecule has 5 nitrogen and oxygen atoms in total. The minimum absolute atomic E-state index is 0.137. The van der Waals surface area contributed by atoms with Crippen molar-refractivity contribution in [1.29, 1.82) is 0 Å². The molecule has 1 aliphatic carbocycles. The van der Waals surface area contributed by atoms with E-state index in [2.05, 4.69) is 4.90 Å². The van der Waals surface area contributed by atoms with Crippen molar-refractivity contribution in [2.24, 2.45) is 5.41 Å². The first kappa shape index (κ1) is 15.9. The van der Waals surface area contributed by atoms with Crippen LogP contribution in [0.25, 0.3) is 0 Å². The predicted molar refractivity (Wildman–Crippen MR) is 87.3 cm³/mol.